The Morgan fingerprint density at radius 1 is 1.39 bits per heavy atom. The number of nitriles is 1. The zero-order chi connectivity index (χ0) is 22.9. The van der Waals surface area contributed by atoms with Crippen molar-refractivity contribution in [3.05, 3.63) is 51.6 Å². The van der Waals surface area contributed by atoms with E-state index in [1.54, 1.807) is 18.7 Å². The molecule has 1 aromatic carbocycles. The molecule has 0 saturated heterocycles. The molecule has 3 aliphatic rings. The number of allylic oxidation sites excluding steroid dienone is 1. The number of amides is 1. The highest BCUT2D eigenvalue weighted by Gasteiger charge is 2.65. The molecule has 0 bridgehead atoms. The molecule has 1 amide bonds. The van der Waals surface area contributed by atoms with Gasteiger partial charge in [0.2, 0.25) is 11.8 Å². The van der Waals surface area contributed by atoms with Crippen LogP contribution < -0.4 is 10.6 Å². The van der Waals surface area contributed by atoms with Gasteiger partial charge in [0.15, 0.2) is 5.41 Å². The van der Waals surface area contributed by atoms with Crippen LogP contribution in [0.3, 0.4) is 0 Å². The van der Waals surface area contributed by atoms with Gasteiger partial charge < -0.3 is 20.1 Å². The minimum Gasteiger partial charge on any atom is -0.462 e. The van der Waals surface area contributed by atoms with Crippen molar-refractivity contribution in [2.45, 2.75) is 64.8 Å². The van der Waals surface area contributed by atoms with Crippen LogP contribution in [-0.4, -0.2) is 24.0 Å². The normalized spacial score (nSPS) is 26.0. The number of ether oxygens (including phenoxy) is 2. The standard InChI is InChI=1S/C24H27N3O4/c1-7-30-21(28)18-14(4)31-20(26)16(11-25)24(18)17-12(2)8-9-15-13(3)10-23(5,6)27(19(15)17)22(24)29/h8-9,13H,7,10,26H2,1-6H3. The summed E-state index contributed by atoms with van der Waals surface area (Å²) in [6.45, 7) is 11.4. The van der Waals surface area contributed by atoms with Crippen LogP contribution in [0.5, 0.6) is 0 Å². The minimum absolute atomic E-state index is 0.0273. The maximum Gasteiger partial charge on any atom is 0.339 e. The molecular formula is C24H27N3O4. The quantitative estimate of drug-likeness (QED) is 0.734. The van der Waals surface area contributed by atoms with Crippen LogP contribution in [0.4, 0.5) is 5.69 Å². The second-order valence-corrected chi connectivity index (χ2v) is 9.11. The number of hydrogen-bond donors (Lipinski definition) is 1. The van der Waals surface area contributed by atoms with Gasteiger partial charge in [0.25, 0.3) is 0 Å². The summed E-state index contributed by atoms with van der Waals surface area (Å²) in [4.78, 5) is 29.4. The Balaban J connectivity index is 2.20. The predicted molar refractivity (Wildman–Crippen MR) is 115 cm³/mol. The SMILES string of the molecule is CCOC(=O)C1=C(C)OC(N)=C(C#N)C12C(=O)N1c3c(ccc(C)c32)C(C)CC1(C)C. The topological polar surface area (TPSA) is 106 Å². The number of esters is 1. The molecule has 0 aliphatic carbocycles. The van der Waals surface area contributed by atoms with E-state index in [1.165, 1.54) is 0 Å². The Morgan fingerprint density at radius 3 is 2.68 bits per heavy atom. The van der Waals surface area contributed by atoms with Crippen molar-refractivity contribution in [2.75, 3.05) is 11.5 Å². The highest BCUT2D eigenvalue weighted by Crippen LogP contribution is 2.60. The van der Waals surface area contributed by atoms with Gasteiger partial charge in [0, 0.05) is 11.1 Å². The van der Waals surface area contributed by atoms with Crippen molar-refractivity contribution in [3.63, 3.8) is 0 Å². The van der Waals surface area contributed by atoms with Crippen molar-refractivity contribution in [3.8, 4) is 6.07 Å². The lowest BCUT2D eigenvalue weighted by atomic mass is 9.66. The third-order valence-electron chi connectivity index (χ3n) is 6.68. The zero-order valence-corrected chi connectivity index (χ0v) is 18.8. The van der Waals surface area contributed by atoms with Crippen molar-refractivity contribution in [1.29, 1.82) is 5.26 Å². The fourth-order valence-corrected chi connectivity index (χ4v) is 5.67. The highest BCUT2D eigenvalue weighted by molar-refractivity contribution is 6.20. The molecule has 7 heteroatoms. The van der Waals surface area contributed by atoms with Crippen LogP contribution in [0.15, 0.2) is 34.9 Å². The predicted octanol–water partition coefficient (Wildman–Crippen LogP) is 3.43. The Bertz CT molecular complexity index is 1140. The maximum atomic E-state index is 14.4. The molecule has 0 radical (unpaired) electrons. The first kappa shape index (κ1) is 21.0. The largest absolute Gasteiger partial charge is 0.462 e. The molecule has 7 nitrogen and oxygen atoms in total. The molecular weight excluding hydrogens is 394 g/mol. The molecule has 3 aliphatic heterocycles. The summed E-state index contributed by atoms with van der Waals surface area (Å²) < 4.78 is 10.9. The fraction of sp³-hybridized carbons (Fsp3) is 0.458. The van der Waals surface area contributed by atoms with Gasteiger partial charge >= 0.3 is 5.97 Å². The molecule has 1 aromatic rings. The van der Waals surface area contributed by atoms with Crippen molar-refractivity contribution < 1.29 is 19.1 Å². The van der Waals surface area contributed by atoms with Crippen LogP contribution >= 0.6 is 0 Å². The zero-order valence-electron chi connectivity index (χ0n) is 18.8. The maximum absolute atomic E-state index is 14.4. The van der Waals surface area contributed by atoms with E-state index in [1.807, 2.05) is 32.9 Å². The van der Waals surface area contributed by atoms with E-state index in [2.05, 4.69) is 13.0 Å². The van der Waals surface area contributed by atoms with E-state index in [4.69, 9.17) is 15.2 Å². The minimum atomic E-state index is -1.69. The van der Waals surface area contributed by atoms with Crippen molar-refractivity contribution >= 4 is 17.6 Å². The number of rotatable bonds is 2. The molecule has 4 rings (SSSR count). The van der Waals surface area contributed by atoms with Gasteiger partial charge in [-0.05, 0) is 58.1 Å². The molecule has 3 heterocycles. The van der Waals surface area contributed by atoms with Crippen LogP contribution in [0.2, 0.25) is 0 Å². The summed E-state index contributed by atoms with van der Waals surface area (Å²) in [5.74, 6) is -0.835. The molecule has 0 fully saturated rings. The third-order valence-corrected chi connectivity index (χ3v) is 6.68. The summed E-state index contributed by atoms with van der Waals surface area (Å²) in [6.07, 6.45) is 0.749. The summed E-state index contributed by atoms with van der Waals surface area (Å²) >= 11 is 0. The molecule has 162 valence electrons. The smallest absolute Gasteiger partial charge is 0.339 e. The lowest BCUT2D eigenvalue weighted by Crippen LogP contribution is -2.55. The number of carbonyl (C=O) groups is 2. The number of nitrogens with two attached hydrogens (primary N) is 1. The number of hydrogen-bond acceptors (Lipinski definition) is 6. The van der Waals surface area contributed by atoms with Gasteiger partial charge in [-0.2, -0.15) is 5.26 Å². The van der Waals surface area contributed by atoms with Gasteiger partial charge in [0.1, 0.15) is 23.0 Å². The van der Waals surface area contributed by atoms with E-state index in [9.17, 15) is 14.9 Å². The van der Waals surface area contributed by atoms with Crippen LogP contribution in [0.25, 0.3) is 0 Å². The van der Waals surface area contributed by atoms with E-state index >= 15 is 0 Å². The van der Waals surface area contributed by atoms with Crippen LogP contribution in [-0.2, 0) is 24.5 Å². The number of carbonyl (C=O) groups excluding carboxylic acids is 2. The number of benzene rings is 1. The van der Waals surface area contributed by atoms with Crippen LogP contribution in [0, 0.1) is 18.3 Å². The van der Waals surface area contributed by atoms with E-state index in [-0.39, 0.29) is 41.2 Å². The summed E-state index contributed by atoms with van der Waals surface area (Å²) in [5, 5.41) is 10.1. The van der Waals surface area contributed by atoms with E-state index in [0.717, 1.165) is 23.2 Å². The molecule has 0 saturated carbocycles. The Labute approximate surface area is 182 Å². The van der Waals surface area contributed by atoms with Gasteiger partial charge in [-0.3, -0.25) is 4.79 Å². The summed E-state index contributed by atoms with van der Waals surface area (Å²) in [5.41, 5.74) is 7.12. The first-order chi connectivity index (χ1) is 14.5. The summed E-state index contributed by atoms with van der Waals surface area (Å²) in [7, 11) is 0. The first-order valence-corrected chi connectivity index (χ1v) is 10.5. The average Bonchev–Trinajstić information content (AvgIpc) is 2.92. The molecule has 2 unspecified atom stereocenters. The lowest BCUT2D eigenvalue weighted by molar-refractivity contribution is -0.141. The Morgan fingerprint density at radius 2 is 2.06 bits per heavy atom. The Hall–Kier alpha value is -3.27. The van der Waals surface area contributed by atoms with Gasteiger partial charge in [-0.1, -0.05) is 19.1 Å². The average molecular weight is 421 g/mol. The fourth-order valence-electron chi connectivity index (χ4n) is 5.67. The van der Waals surface area contributed by atoms with Crippen molar-refractivity contribution in [2.24, 2.45) is 5.73 Å². The number of aryl methyl sites for hydroxylation is 1. The van der Waals surface area contributed by atoms with Crippen molar-refractivity contribution in [1.82, 2.24) is 0 Å². The number of anilines is 1. The van der Waals surface area contributed by atoms with Crippen LogP contribution in [0.1, 0.15) is 63.6 Å². The monoisotopic (exact) mass is 421 g/mol. The molecule has 1 spiro atoms. The highest BCUT2D eigenvalue weighted by atomic mass is 16.5. The number of nitrogens with zero attached hydrogens (tertiary/aromatic N) is 2. The lowest BCUT2D eigenvalue weighted by Gasteiger charge is -2.44. The number of fused-ring (bicyclic) bond motifs is 1. The molecule has 0 aromatic heterocycles. The second kappa shape index (κ2) is 6.61. The summed E-state index contributed by atoms with van der Waals surface area (Å²) in [6, 6.07) is 6.07. The molecule has 2 N–H and O–H groups in total. The molecule has 31 heavy (non-hydrogen) atoms. The van der Waals surface area contributed by atoms with E-state index < -0.39 is 16.9 Å². The molecule has 2 atom stereocenters. The first-order valence-electron chi connectivity index (χ1n) is 10.5. The second-order valence-electron chi connectivity index (χ2n) is 9.11. The third kappa shape index (κ3) is 2.45. The Kier molecular flexibility index (Phi) is 4.48. The van der Waals surface area contributed by atoms with Gasteiger partial charge in [0.05, 0.1) is 12.3 Å². The van der Waals surface area contributed by atoms with Gasteiger partial charge in [-0.25, -0.2) is 4.79 Å². The van der Waals surface area contributed by atoms with Gasteiger partial charge in [-0.15, -0.1) is 0 Å². The van der Waals surface area contributed by atoms with E-state index in [0.29, 0.717) is 5.56 Å².